The highest BCUT2D eigenvalue weighted by molar-refractivity contribution is 5.50. The third-order valence-corrected chi connectivity index (χ3v) is 1.58. The lowest BCUT2D eigenvalue weighted by molar-refractivity contribution is -0.486. The summed E-state index contributed by atoms with van der Waals surface area (Å²) in [7, 11) is 0. The average Bonchev–Trinajstić information content (AvgIpc) is 2.07. The molecule has 5 nitrogen and oxygen atoms in total. The molecular weight excluding hydrogens is 158 g/mol. The van der Waals surface area contributed by atoms with Gasteiger partial charge in [-0.1, -0.05) is 9.89 Å². The lowest BCUT2D eigenvalue weighted by atomic mass is 10.3. The molecule has 2 rings (SSSR count). The van der Waals surface area contributed by atoms with Crippen molar-refractivity contribution in [1.29, 1.82) is 0 Å². The third kappa shape index (κ3) is 0.833. The molecular formula is C7H5N3O2. The van der Waals surface area contributed by atoms with Gasteiger partial charge in [-0.05, 0) is 18.3 Å². The Morgan fingerprint density at radius 3 is 3.17 bits per heavy atom. The number of hydrogen-bond donors (Lipinski definition) is 0. The molecule has 5 heteroatoms. The van der Waals surface area contributed by atoms with Crippen molar-refractivity contribution in [3.05, 3.63) is 41.0 Å². The number of rotatable bonds is 0. The Kier molecular flexibility index (Phi) is 1.30. The van der Waals surface area contributed by atoms with Crippen LogP contribution in [0.25, 0.3) is 11.4 Å². The van der Waals surface area contributed by atoms with E-state index in [9.17, 15) is 10.1 Å². The van der Waals surface area contributed by atoms with E-state index in [0.717, 1.165) is 6.33 Å². The fourth-order valence-electron chi connectivity index (χ4n) is 1.03. The normalized spacial score (nSPS) is 10.3. The maximum Gasteiger partial charge on any atom is 0.330 e. The van der Waals surface area contributed by atoms with Crippen molar-refractivity contribution in [3.63, 3.8) is 0 Å². The van der Waals surface area contributed by atoms with E-state index in [1.807, 2.05) is 0 Å². The Morgan fingerprint density at radius 1 is 1.58 bits per heavy atom. The zero-order valence-electron chi connectivity index (χ0n) is 6.04. The van der Waals surface area contributed by atoms with Crippen molar-refractivity contribution < 1.29 is 4.43 Å². The Labute approximate surface area is 67.4 Å². The minimum atomic E-state index is 0.273. The molecule has 60 valence electrons. The molecule has 0 radical (unpaired) electrons. The largest absolute Gasteiger partial charge is 0.805 e. The van der Waals surface area contributed by atoms with Gasteiger partial charge in [0.1, 0.15) is 5.69 Å². The van der Waals surface area contributed by atoms with Crippen LogP contribution in [0, 0.1) is 10.1 Å². The van der Waals surface area contributed by atoms with Crippen LogP contribution in [0.2, 0.25) is 0 Å². The van der Waals surface area contributed by atoms with Crippen molar-refractivity contribution in [2.75, 3.05) is 0 Å². The van der Waals surface area contributed by atoms with Crippen LogP contribution in [0.3, 0.4) is 0 Å². The predicted molar refractivity (Wildman–Crippen MR) is 41.0 cm³/mol. The fraction of sp³-hybridized carbons (Fsp3) is 0. The first-order chi connectivity index (χ1) is 5.79. The van der Waals surface area contributed by atoms with Crippen molar-refractivity contribution in [3.8, 4) is 11.4 Å². The average molecular weight is 163 g/mol. The van der Waals surface area contributed by atoms with Gasteiger partial charge < -0.3 is 9.94 Å². The van der Waals surface area contributed by atoms with E-state index in [0.29, 0.717) is 14.9 Å². The molecule has 2 aliphatic rings. The summed E-state index contributed by atoms with van der Waals surface area (Å²) in [5.74, 6) is 0. The molecule has 0 saturated heterocycles. The van der Waals surface area contributed by atoms with Crippen LogP contribution in [0.5, 0.6) is 0 Å². The molecule has 0 spiro atoms. The van der Waals surface area contributed by atoms with Gasteiger partial charge in [0.2, 0.25) is 5.69 Å². The summed E-state index contributed by atoms with van der Waals surface area (Å²) in [6, 6.07) is 3.09. The second-order valence-electron chi connectivity index (χ2n) is 2.32. The molecule has 0 bridgehead atoms. The van der Waals surface area contributed by atoms with Crippen LogP contribution in [0.15, 0.2) is 30.9 Å². The summed E-state index contributed by atoms with van der Waals surface area (Å²) in [6.45, 7) is 0. The zero-order valence-corrected chi connectivity index (χ0v) is 6.04. The molecule has 0 atom stereocenters. The summed E-state index contributed by atoms with van der Waals surface area (Å²) in [5, 5.41) is 11.1. The number of hydrogen-bond acceptors (Lipinski definition) is 3. The van der Waals surface area contributed by atoms with Crippen molar-refractivity contribution >= 4 is 0 Å². The van der Waals surface area contributed by atoms with Crippen LogP contribution < -0.4 is 4.43 Å². The highest BCUT2D eigenvalue weighted by atomic mass is 16.5. The Balaban J connectivity index is 2.91. The van der Waals surface area contributed by atoms with Crippen molar-refractivity contribution in [2.45, 2.75) is 0 Å². The summed E-state index contributed by atoms with van der Waals surface area (Å²) in [5.41, 5.74) is 0.595. The molecule has 0 N–H and O–H groups in total. The molecule has 0 aromatic rings. The van der Waals surface area contributed by atoms with Crippen molar-refractivity contribution in [1.82, 2.24) is 9.71 Å². The first-order valence-corrected chi connectivity index (χ1v) is 3.34. The number of nitrogens with zero attached hydrogens (tertiary/aromatic N) is 3. The summed E-state index contributed by atoms with van der Waals surface area (Å²) in [4.78, 5) is 14.6. The zero-order chi connectivity index (χ0) is 8.55. The maximum atomic E-state index is 11.1. The highest BCUT2D eigenvalue weighted by Crippen LogP contribution is 2.12. The molecule has 0 aromatic heterocycles. The van der Waals surface area contributed by atoms with Gasteiger partial charge in [-0.25, -0.2) is 0 Å². The van der Waals surface area contributed by atoms with Crippen LogP contribution in [0.1, 0.15) is 0 Å². The second kappa shape index (κ2) is 2.30. The monoisotopic (exact) mass is 163 g/mol. The van der Waals surface area contributed by atoms with E-state index in [1.165, 1.54) is 18.5 Å². The summed E-state index contributed by atoms with van der Waals surface area (Å²) in [6.07, 6.45) is 3.79. The molecule has 0 aliphatic carbocycles. The minimum absolute atomic E-state index is 0.273. The van der Waals surface area contributed by atoms with E-state index in [2.05, 4.69) is 4.98 Å². The standard InChI is InChI=1S/C7H5N3O2/c11-9-3-1-2-6-7(9)4-8-5-10(6)12/h1-5H. The molecule has 2 aliphatic heterocycles. The van der Waals surface area contributed by atoms with Gasteiger partial charge in [0.15, 0.2) is 6.20 Å². The molecule has 0 fully saturated rings. The predicted octanol–water partition coefficient (Wildman–Crippen LogP) is 0.248. The van der Waals surface area contributed by atoms with E-state index in [1.54, 1.807) is 6.07 Å². The Hall–Kier alpha value is -1.91. The van der Waals surface area contributed by atoms with Crippen LogP contribution >= 0.6 is 0 Å². The molecule has 0 amide bonds. The van der Waals surface area contributed by atoms with Gasteiger partial charge in [-0.15, -0.1) is 0 Å². The van der Waals surface area contributed by atoms with Gasteiger partial charge in [0.05, 0.1) is 0 Å². The van der Waals surface area contributed by atoms with Gasteiger partial charge in [-0.3, -0.25) is 0 Å². The van der Waals surface area contributed by atoms with Gasteiger partial charge in [-0.2, -0.15) is 0 Å². The van der Waals surface area contributed by atoms with Crippen LogP contribution in [-0.4, -0.2) is 9.71 Å². The lowest BCUT2D eigenvalue weighted by Crippen LogP contribution is -2.20. The smallest absolute Gasteiger partial charge is 0.330 e. The van der Waals surface area contributed by atoms with E-state index in [4.69, 9.17) is 0 Å². The topological polar surface area (TPSA) is 63.8 Å². The van der Waals surface area contributed by atoms with Gasteiger partial charge >= 0.3 is 6.33 Å². The van der Waals surface area contributed by atoms with E-state index >= 15 is 0 Å². The fourth-order valence-corrected chi connectivity index (χ4v) is 1.03. The molecule has 0 aromatic carbocycles. The van der Waals surface area contributed by atoms with Crippen molar-refractivity contribution in [2.24, 2.45) is 0 Å². The number of pyridine rings is 1. The molecule has 0 saturated carbocycles. The number of fused-ring (bicyclic) bond motifs is 1. The van der Waals surface area contributed by atoms with Crippen LogP contribution in [0.4, 0.5) is 0 Å². The first kappa shape index (κ1) is 6.78. The van der Waals surface area contributed by atoms with Gasteiger partial charge in [0.25, 0.3) is 0 Å². The third-order valence-electron chi connectivity index (χ3n) is 1.58. The quantitative estimate of drug-likeness (QED) is 0.523. The summed E-state index contributed by atoms with van der Waals surface area (Å²) < 4.78 is 1.17. The molecule has 2 heterocycles. The van der Waals surface area contributed by atoms with Crippen LogP contribution in [-0.2, 0) is 0 Å². The first-order valence-electron chi connectivity index (χ1n) is 3.34. The van der Waals surface area contributed by atoms with E-state index in [-0.39, 0.29) is 5.69 Å². The lowest BCUT2D eigenvalue weighted by Gasteiger charge is -2.13. The Morgan fingerprint density at radius 2 is 2.42 bits per heavy atom. The number of aromatic nitrogens is 3. The van der Waals surface area contributed by atoms with Gasteiger partial charge in [0, 0.05) is 4.43 Å². The minimum Gasteiger partial charge on any atom is -0.805 e. The molecule has 0 unspecified atom stereocenters. The Bertz CT molecular complexity index is 437. The van der Waals surface area contributed by atoms with E-state index < -0.39 is 0 Å². The highest BCUT2D eigenvalue weighted by Gasteiger charge is 2.10. The second-order valence-corrected chi connectivity index (χ2v) is 2.32. The SMILES string of the molecule is O=[n+]1cncc2n([O-])cccc1-2. The molecule has 12 heavy (non-hydrogen) atoms. The summed E-state index contributed by atoms with van der Waals surface area (Å²) >= 11 is 0. The maximum absolute atomic E-state index is 11.1.